The Hall–Kier alpha value is -2.18. The molecule has 3 N–H and O–H groups in total. The highest BCUT2D eigenvalue weighted by atomic mass is 16.5. The summed E-state index contributed by atoms with van der Waals surface area (Å²) in [7, 11) is 0. The van der Waals surface area contributed by atoms with Gasteiger partial charge in [-0.3, -0.25) is 9.59 Å². The average molecular weight is 969 g/mol. The van der Waals surface area contributed by atoms with Crippen molar-refractivity contribution in [2.75, 3.05) is 13.2 Å². The molecule has 0 saturated heterocycles. The van der Waals surface area contributed by atoms with Gasteiger partial charge in [-0.15, -0.1) is 0 Å². The Morgan fingerprint density at radius 2 is 0.725 bits per heavy atom. The number of aliphatic hydroxyl groups is 2. The van der Waals surface area contributed by atoms with Gasteiger partial charge < -0.3 is 20.3 Å². The number of ether oxygens (including phenoxy) is 1. The number of esters is 1. The maximum Gasteiger partial charge on any atom is 0.305 e. The van der Waals surface area contributed by atoms with Crippen LogP contribution in [-0.2, 0) is 14.3 Å². The highest BCUT2D eigenvalue weighted by Crippen LogP contribution is 2.16. The number of unbranched alkanes of at least 4 members (excludes halogenated alkanes) is 39. The van der Waals surface area contributed by atoms with Gasteiger partial charge in [0.15, 0.2) is 0 Å². The summed E-state index contributed by atoms with van der Waals surface area (Å²) in [4.78, 5) is 24.5. The first kappa shape index (κ1) is 66.8. The molecule has 0 spiro atoms. The third-order valence-electron chi connectivity index (χ3n) is 13.8. The van der Waals surface area contributed by atoms with E-state index in [1.54, 1.807) is 6.08 Å². The van der Waals surface area contributed by atoms with Crippen LogP contribution in [0.3, 0.4) is 0 Å². The fourth-order valence-electron chi connectivity index (χ4n) is 9.13. The zero-order valence-electron chi connectivity index (χ0n) is 46.0. The lowest BCUT2D eigenvalue weighted by molar-refractivity contribution is -0.143. The minimum atomic E-state index is -0.857. The van der Waals surface area contributed by atoms with E-state index in [4.69, 9.17) is 4.74 Å². The lowest BCUT2D eigenvalue weighted by Crippen LogP contribution is -2.45. The van der Waals surface area contributed by atoms with Gasteiger partial charge >= 0.3 is 5.97 Å². The van der Waals surface area contributed by atoms with Gasteiger partial charge in [-0.05, 0) is 96.3 Å². The molecule has 2 atom stereocenters. The second kappa shape index (κ2) is 58.4. The van der Waals surface area contributed by atoms with Crippen molar-refractivity contribution in [1.82, 2.24) is 5.32 Å². The predicted molar refractivity (Wildman–Crippen MR) is 301 cm³/mol. The van der Waals surface area contributed by atoms with Crippen molar-refractivity contribution in [1.29, 1.82) is 0 Å². The number of aliphatic hydroxyl groups excluding tert-OH is 2. The molecular formula is C63H117NO5. The molecule has 0 aliphatic heterocycles. The minimum absolute atomic E-state index is 0.0245. The molecule has 0 aromatic rings. The standard InChI is InChI=1S/C63H117NO5/c1-3-5-7-9-11-13-15-17-19-20-21-22-24-28-31-35-39-43-47-51-55-61(66)60(59-65)64-62(67)56-52-48-44-40-36-32-29-25-23-26-30-34-38-42-46-50-54-58-69-63(68)57-53-49-45-41-37-33-27-18-16-14-12-10-8-6-4-2/h18,23,26-27,34,38,51,55,60-61,65-66H,3-17,19-22,24-25,28-33,35-37,39-50,52-54,56-59H2,1-2H3,(H,64,67)/b26-23-,27-18-,38-34-,55-51+. The molecule has 0 aliphatic rings. The van der Waals surface area contributed by atoms with Crippen LogP contribution < -0.4 is 5.32 Å². The average Bonchev–Trinajstić information content (AvgIpc) is 3.35. The summed E-state index contributed by atoms with van der Waals surface area (Å²) >= 11 is 0. The molecule has 0 heterocycles. The molecule has 0 radical (unpaired) electrons. The molecule has 0 aromatic heterocycles. The number of amides is 1. The summed E-state index contributed by atoms with van der Waals surface area (Å²) in [5, 5.41) is 23.2. The molecule has 0 aromatic carbocycles. The second-order valence-electron chi connectivity index (χ2n) is 20.7. The molecule has 6 heteroatoms. The van der Waals surface area contributed by atoms with E-state index < -0.39 is 12.1 Å². The Kier molecular flexibility index (Phi) is 56.5. The van der Waals surface area contributed by atoms with Gasteiger partial charge in [0, 0.05) is 12.8 Å². The van der Waals surface area contributed by atoms with Gasteiger partial charge in [0.1, 0.15) is 0 Å². The van der Waals surface area contributed by atoms with Crippen molar-refractivity contribution in [3.05, 3.63) is 48.6 Å². The van der Waals surface area contributed by atoms with E-state index in [2.05, 4.69) is 55.6 Å². The van der Waals surface area contributed by atoms with E-state index in [9.17, 15) is 19.8 Å². The van der Waals surface area contributed by atoms with Crippen molar-refractivity contribution in [2.24, 2.45) is 0 Å². The predicted octanol–water partition coefficient (Wildman–Crippen LogP) is 19.0. The summed E-state index contributed by atoms with van der Waals surface area (Å²) in [6, 6.07) is -0.642. The van der Waals surface area contributed by atoms with Gasteiger partial charge in [-0.25, -0.2) is 0 Å². The van der Waals surface area contributed by atoms with Crippen molar-refractivity contribution in [3.8, 4) is 0 Å². The van der Waals surface area contributed by atoms with Crippen molar-refractivity contribution >= 4 is 11.9 Å². The topological polar surface area (TPSA) is 95.9 Å². The van der Waals surface area contributed by atoms with Crippen LogP contribution in [0.4, 0.5) is 0 Å². The third-order valence-corrected chi connectivity index (χ3v) is 13.8. The number of nitrogens with one attached hydrogen (secondary N) is 1. The number of carbonyl (C=O) groups is 2. The van der Waals surface area contributed by atoms with E-state index in [0.29, 0.717) is 19.4 Å². The van der Waals surface area contributed by atoms with Gasteiger partial charge in [-0.1, -0.05) is 255 Å². The Morgan fingerprint density at radius 1 is 0.406 bits per heavy atom. The fourth-order valence-corrected chi connectivity index (χ4v) is 9.13. The lowest BCUT2D eigenvalue weighted by Gasteiger charge is -2.20. The van der Waals surface area contributed by atoms with Crippen LogP contribution >= 0.6 is 0 Å². The Bertz CT molecular complexity index is 1160. The molecule has 0 aliphatic carbocycles. The summed E-state index contributed by atoms with van der Waals surface area (Å²) in [6.07, 6.45) is 74.2. The quantitative estimate of drug-likeness (QED) is 0.0321. The van der Waals surface area contributed by atoms with Crippen molar-refractivity contribution in [2.45, 2.75) is 328 Å². The zero-order chi connectivity index (χ0) is 50.0. The Balaban J connectivity index is 3.53. The third kappa shape index (κ3) is 55.0. The van der Waals surface area contributed by atoms with Crippen LogP contribution in [0.5, 0.6) is 0 Å². The molecule has 0 rings (SSSR count). The first-order chi connectivity index (χ1) is 34.0. The highest BCUT2D eigenvalue weighted by Gasteiger charge is 2.18. The summed E-state index contributed by atoms with van der Waals surface area (Å²) in [6.45, 7) is 4.86. The van der Waals surface area contributed by atoms with Crippen LogP contribution in [-0.4, -0.2) is 47.4 Å². The number of hydrogen-bond acceptors (Lipinski definition) is 5. The molecule has 404 valence electrons. The van der Waals surface area contributed by atoms with E-state index in [1.807, 2.05) is 6.08 Å². The van der Waals surface area contributed by atoms with E-state index in [1.165, 1.54) is 205 Å². The first-order valence-electron chi connectivity index (χ1n) is 30.4. The molecule has 69 heavy (non-hydrogen) atoms. The van der Waals surface area contributed by atoms with Gasteiger partial charge in [-0.2, -0.15) is 0 Å². The number of allylic oxidation sites excluding steroid dienone is 7. The highest BCUT2D eigenvalue weighted by molar-refractivity contribution is 5.76. The van der Waals surface area contributed by atoms with Crippen LogP contribution in [0.25, 0.3) is 0 Å². The first-order valence-corrected chi connectivity index (χ1v) is 30.4. The zero-order valence-corrected chi connectivity index (χ0v) is 46.0. The van der Waals surface area contributed by atoms with Crippen LogP contribution in [0.2, 0.25) is 0 Å². The normalized spacial score (nSPS) is 12.9. The van der Waals surface area contributed by atoms with Crippen LogP contribution in [0.1, 0.15) is 316 Å². The van der Waals surface area contributed by atoms with E-state index >= 15 is 0 Å². The van der Waals surface area contributed by atoms with Crippen molar-refractivity contribution in [3.63, 3.8) is 0 Å². The minimum Gasteiger partial charge on any atom is -0.466 e. The molecule has 0 bridgehead atoms. The van der Waals surface area contributed by atoms with Crippen molar-refractivity contribution < 1.29 is 24.5 Å². The number of rotatable bonds is 56. The maximum atomic E-state index is 12.5. The fraction of sp³-hybridized carbons (Fsp3) is 0.841. The molecule has 0 saturated carbocycles. The van der Waals surface area contributed by atoms with E-state index in [0.717, 1.165) is 83.5 Å². The molecule has 6 nitrogen and oxygen atoms in total. The smallest absolute Gasteiger partial charge is 0.305 e. The van der Waals surface area contributed by atoms with Gasteiger partial charge in [0.25, 0.3) is 0 Å². The van der Waals surface area contributed by atoms with Gasteiger partial charge in [0.05, 0.1) is 25.4 Å². The monoisotopic (exact) mass is 968 g/mol. The molecule has 2 unspecified atom stereocenters. The number of hydrogen-bond donors (Lipinski definition) is 3. The summed E-state index contributed by atoms with van der Waals surface area (Å²) < 4.78 is 5.45. The number of carbonyl (C=O) groups excluding carboxylic acids is 2. The molecule has 1 amide bonds. The Labute approximate surface area is 429 Å². The summed E-state index contributed by atoms with van der Waals surface area (Å²) in [5.41, 5.74) is 0. The molecular weight excluding hydrogens is 851 g/mol. The maximum absolute atomic E-state index is 12.5. The van der Waals surface area contributed by atoms with Gasteiger partial charge in [0.2, 0.25) is 5.91 Å². The van der Waals surface area contributed by atoms with Crippen LogP contribution in [0.15, 0.2) is 48.6 Å². The van der Waals surface area contributed by atoms with E-state index in [-0.39, 0.29) is 18.5 Å². The van der Waals surface area contributed by atoms with Crippen LogP contribution in [0, 0.1) is 0 Å². The largest absolute Gasteiger partial charge is 0.466 e. The summed E-state index contributed by atoms with van der Waals surface area (Å²) in [5.74, 6) is -0.107. The second-order valence-corrected chi connectivity index (χ2v) is 20.7. The molecule has 0 fully saturated rings. The lowest BCUT2D eigenvalue weighted by atomic mass is 10.0. The SMILES string of the molecule is CCCCCCCC/C=C\CCCCCCCC(=O)OCCCCC/C=C\C/C=C\CCCCCCCCCC(=O)NC(CO)C(O)/C=C/CCCCCCCCCCCCCCCCCCCC. The Morgan fingerprint density at radius 3 is 1.12 bits per heavy atom.